The molecule has 0 bridgehead atoms. The van der Waals surface area contributed by atoms with Gasteiger partial charge in [-0.05, 0) is 18.2 Å². The Labute approximate surface area is 103 Å². The fraction of sp³-hybridized carbons (Fsp3) is 0. The number of nitrogens with one attached hydrogen (secondary N) is 1. The Morgan fingerprint density at radius 1 is 1.29 bits per heavy atom. The Bertz CT molecular complexity index is 535. The number of carbonyl (C=O) groups excluding carboxylic acids is 1. The lowest BCUT2D eigenvalue weighted by Gasteiger charge is -1.97. The minimum Gasteiger partial charge on any atom is -0.459 e. The van der Waals surface area contributed by atoms with Gasteiger partial charge >= 0.3 is 5.91 Å². The number of rotatable bonds is 3. The maximum Gasteiger partial charge on any atom is 0.307 e. The van der Waals surface area contributed by atoms with Gasteiger partial charge < -0.3 is 4.42 Å². The van der Waals surface area contributed by atoms with E-state index in [0.29, 0.717) is 5.02 Å². The molecule has 0 aliphatic heterocycles. The number of hydrazone groups is 1. The molecule has 1 aromatic carbocycles. The quantitative estimate of drug-likeness (QED) is 0.671. The van der Waals surface area contributed by atoms with Crippen molar-refractivity contribution in [1.29, 1.82) is 0 Å². The second-order valence-corrected chi connectivity index (χ2v) is 3.61. The first-order valence-corrected chi connectivity index (χ1v) is 5.26. The molecule has 0 radical (unpaired) electrons. The maximum absolute atomic E-state index is 11.4. The molecule has 1 heterocycles. The average Bonchev–Trinajstić information content (AvgIpc) is 2.85. The zero-order valence-electron chi connectivity index (χ0n) is 8.76. The van der Waals surface area contributed by atoms with E-state index < -0.39 is 5.91 Å². The van der Waals surface area contributed by atoms with Gasteiger partial charge in [0.25, 0.3) is 0 Å². The van der Waals surface area contributed by atoms with Crippen LogP contribution in [0.4, 0.5) is 0 Å². The number of furan rings is 1. The van der Waals surface area contributed by atoms with Gasteiger partial charge in [-0.1, -0.05) is 29.8 Å². The Morgan fingerprint density at radius 3 is 2.82 bits per heavy atom. The van der Waals surface area contributed by atoms with Crippen molar-refractivity contribution >= 4 is 23.7 Å². The summed E-state index contributed by atoms with van der Waals surface area (Å²) >= 11 is 5.92. The number of amides is 1. The third-order valence-corrected chi connectivity index (χ3v) is 2.36. The van der Waals surface area contributed by atoms with E-state index in [1.807, 2.05) is 12.1 Å². The molecule has 1 amide bonds. The number of benzene rings is 1. The van der Waals surface area contributed by atoms with E-state index in [1.54, 1.807) is 24.3 Å². The summed E-state index contributed by atoms with van der Waals surface area (Å²) in [4.78, 5) is 11.4. The van der Waals surface area contributed by atoms with Crippen molar-refractivity contribution < 1.29 is 9.21 Å². The van der Waals surface area contributed by atoms with Crippen LogP contribution in [0.15, 0.2) is 52.2 Å². The molecule has 0 atom stereocenters. The molecule has 4 nitrogen and oxygen atoms in total. The van der Waals surface area contributed by atoms with Gasteiger partial charge in [-0.3, -0.25) is 4.79 Å². The highest BCUT2D eigenvalue weighted by molar-refractivity contribution is 6.33. The van der Waals surface area contributed by atoms with Gasteiger partial charge in [-0.15, -0.1) is 0 Å². The number of hydrogen-bond acceptors (Lipinski definition) is 3. The van der Waals surface area contributed by atoms with Crippen LogP contribution in [-0.2, 0) is 0 Å². The molecule has 1 aromatic heterocycles. The van der Waals surface area contributed by atoms with Crippen LogP contribution in [0.1, 0.15) is 16.1 Å². The van der Waals surface area contributed by atoms with Crippen molar-refractivity contribution in [3.63, 3.8) is 0 Å². The molecule has 0 aliphatic carbocycles. The third-order valence-electron chi connectivity index (χ3n) is 2.02. The van der Waals surface area contributed by atoms with E-state index in [0.717, 1.165) is 5.56 Å². The number of hydrogen-bond donors (Lipinski definition) is 1. The van der Waals surface area contributed by atoms with Crippen molar-refractivity contribution in [2.24, 2.45) is 5.10 Å². The number of halogens is 1. The minimum atomic E-state index is -0.404. The van der Waals surface area contributed by atoms with Crippen molar-refractivity contribution in [3.05, 3.63) is 59.0 Å². The van der Waals surface area contributed by atoms with Gasteiger partial charge in [0.1, 0.15) is 0 Å². The van der Waals surface area contributed by atoms with Crippen molar-refractivity contribution in [2.75, 3.05) is 0 Å². The van der Waals surface area contributed by atoms with Crippen molar-refractivity contribution in [3.8, 4) is 0 Å². The van der Waals surface area contributed by atoms with Crippen LogP contribution in [0, 0.1) is 0 Å². The molecule has 2 rings (SSSR count). The molecule has 0 saturated carbocycles. The van der Waals surface area contributed by atoms with E-state index >= 15 is 0 Å². The predicted octanol–water partition coefficient (Wildman–Crippen LogP) is 2.70. The summed E-state index contributed by atoms with van der Waals surface area (Å²) in [6, 6.07) is 10.4. The maximum atomic E-state index is 11.4. The topological polar surface area (TPSA) is 54.6 Å². The van der Waals surface area contributed by atoms with Crippen molar-refractivity contribution in [2.45, 2.75) is 0 Å². The van der Waals surface area contributed by atoms with E-state index in [9.17, 15) is 4.79 Å². The first kappa shape index (κ1) is 11.4. The average molecular weight is 249 g/mol. The highest BCUT2D eigenvalue weighted by Crippen LogP contribution is 2.12. The van der Waals surface area contributed by atoms with Crippen LogP contribution in [0.5, 0.6) is 0 Å². The Morgan fingerprint density at radius 2 is 2.12 bits per heavy atom. The van der Waals surface area contributed by atoms with Gasteiger partial charge in [-0.25, -0.2) is 5.43 Å². The molecule has 0 saturated heterocycles. The molecular formula is C12H9ClN2O2. The molecule has 0 aliphatic rings. The summed E-state index contributed by atoms with van der Waals surface area (Å²) in [6.45, 7) is 0. The van der Waals surface area contributed by atoms with Gasteiger partial charge in [-0.2, -0.15) is 5.10 Å². The molecule has 0 fully saturated rings. The Hall–Kier alpha value is -2.07. The summed E-state index contributed by atoms with van der Waals surface area (Å²) in [6.07, 6.45) is 2.90. The lowest BCUT2D eigenvalue weighted by atomic mass is 10.2. The molecule has 86 valence electrons. The first-order chi connectivity index (χ1) is 8.27. The highest BCUT2D eigenvalue weighted by atomic mass is 35.5. The van der Waals surface area contributed by atoms with Crippen LogP contribution >= 0.6 is 11.6 Å². The molecule has 1 N–H and O–H groups in total. The first-order valence-electron chi connectivity index (χ1n) is 4.89. The van der Waals surface area contributed by atoms with Crippen molar-refractivity contribution in [1.82, 2.24) is 5.43 Å². The smallest absolute Gasteiger partial charge is 0.307 e. The molecule has 5 heteroatoms. The lowest BCUT2D eigenvalue weighted by molar-refractivity contribution is 0.0927. The van der Waals surface area contributed by atoms with E-state index in [2.05, 4.69) is 10.5 Å². The minimum absolute atomic E-state index is 0.210. The monoisotopic (exact) mass is 248 g/mol. The summed E-state index contributed by atoms with van der Waals surface area (Å²) in [7, 11) is 0. The summed E-state index contributed by atoms with van der Waals surface area (Å²) in [5, 5.41) is 4.36. The largest absolute Gasteiger partial charge is 0.459 e. The van der Waals surface area contributed by atoms with Crippen LogP contribution in [0.25, 0.3) is 0 Å². The Kier molecular flexibility index (Phi) is 3.57. The van der Waals surface area contributed by atoms with E-state index in [4.69, 9.17) is 16.0 Å². The van der Waals surface area contributed by atoms with Gasteiger partial charge in [0.05, 0.1) is 12.5 Å². The molecule has 0 unspecified atom stereocenters. The third kappa shape index (κ3) is 2.95. The summed E-state index contributed by atoms with van der Waals surface area (Å²) < 4.78 is 4.91. The van der Waals surface area contributed by atoms with Gasteiger partial charge in [0.15, 0.2) is 5.76 Å². The normalized spacial score (nSPS) is 10.6. The predicted molar refractivity (Wildman–Crippen MR) is 65.2 cm³/mol. The fourth-order valence-electron chi connectivity index (χ4n) is 1.20. The number of carbonyl (C=O) groups is 1. The van der Waals surface area contributed by atoms with Gasteiger partial charge in [0, 0.05) is 10.6 Å². The highest BCUT2D eigenvalue weighted by Gasteiger charge is 2.05. The fourth-order valence-corrected chi connectivity index (χ4v) is 1.39. The van der Waals surface area contributed by atoms with Crippen LogP contribution in [0.2, 0.25) is 5.02 Å². The molecule has 17 heavy (non-hydrogen) atoms. The molecular weight excluding hydrogens is 240 g/mol. The lowest BCUT2D eigenvalue weighted by Crippen LogP contribution is -2.16. The SMILES string of the molecule is O=C(NN=Cc1ccccc1Cl)c1ccco1. The molecule has 2 aromatic rings. The number of nitrogens with zero attached hydrogens (tertiary/aromatic N) is 1. The zero-order valence-corrected chi connectivity index (χ0v) is 9.52. The standard InChI is InChI=1S/C12H9ClN2O2/c13-10-5-2-1-4-9(10)8-14-15-12(16)11-6-3-7-17-11/h1-8H,(H,15,16). The molecule has 0 spiro atoms. The van der Waals surface area contributed by atoms with E-state index in [-0.39, 0.29) is 5.76 Å². The van der Waals surface area contributed by atoms with Crippen LogP contribution < -0.4 is 5.43 Å². The summed E-state index contributed by atoms with van der Waals surface area (Å²) in [5.41, 5.74) is 3.07. The van der Waals surface area contributed by atoms with E-state index in [1.165, 1.54) is 12.5 Å². The zero-order chi connectivity index (χ0) is 12.1. The Balaban J connectivity index is 1.99. The van der Waals surface area contributed by atoms with Crippen LogP contribution in [-0.4, -0.2) is 12.1 Å². The summed E-state index contributed by atoms with van der Waals surface area (Å²) in [5.74, 6) is -0.195. The van der Waals surface area contributed by atoms with Crippen LogP contribution in [0.3, 0.4) is 0 Å². The second kappa shape index (κ2) is 5.32. The second-order valence-electron chi connectivity index (χ2n) is 3.20. The van der Waals surface area contributed by atoms with Gasteiger partial charge in [0.2, 0.25) is 0 Å².